The first-order chi connectivity index (χ1) is 14.0. The number of aromatic nitrogens is 3. The number of hydrogen-bond acceptors (Lipinski definition) is 3. The molecule has 0 aliphatic rings. The van der Waals surface area contributed by atoms with Crippen molar-refractivity contribution in [3.8, 4) is 22.4 Å². The van der Waals surface area contributed by atoms with Crippen LogP contribution in [0.4, 0.5) is 0 Å². The largest absolute Gasteiger partial charge is 0.359 e. The van der Waals surface area contributed by atoms with Crippen molar-refractivity contribution in [2.45, 2.75) is 32.4 Å². The van der Waals surface area contributed by atoms with Gasteiger partial charge in [0, 0.05) is 37.4 Å². The van der Waals surface area contributed by atoms with Crippen LogP contribution in [-0.4, -0.2) is 29.4 Å². The van der Waals surface area contributed by atoms with Crippen LogP contribution in [0.15, 0.2) is 72.9 Å². The Morgan fingerprint density at radius 3 is 2.17 bits per heavy atom. The Bertz CT molecular complexity index is 1090. The molecule has 2 heterocycles. The van der Waals surface area contributed by atoms with Gasteiger partial charge in [-0.15, -0.1) is 0 Å². The fourth-order valence-corrected chi connectivity index (χ4v) is 4.03. The summed E-state index contributed by atoms with van der Waals surface area (Å²) in [6, 6.07) is 24.0. The summed E-state index contributed by atoms with van der Waals surface area (Å²) < 4.78 is 7.85. The number of pyridine rings is 1. The summed E-state index contributed by atoms with van der Waals surface area (Å²) in [5.41, 5.74) is 5.14. The van der Waals surface area contributed by atoms with E-state index in [-0.39, 0.29) is 0 Å². The van der Waals surface area contributed by atoms with E-state index in [1.54, 1.807) is 0 Å². The van der Waals surface area contributed by atoms with Crippen LogP contribution < -0.4 is 0 Å². The van der Waals surface area contributed by atoms with Crippen molar-refractivity contribution in [2.75, 3.05) is 6.61 Å². The smallest absolute Gasteiger partial charge is 0.160 e. The SMILES string of the molecule is C[Si](C)(C)CCOCn1nc(-c2ccccc2)c2cc(-c3ccccc3)cnc21. The first kappa shape index (κ1) is 19.5. The highest BCUT2D eigenvalue weighted by molar-refractivity contribution is 6.76. The van der Waals surface area contributed by atoms with Crippen molar-refractivity contribution in [1.82, 2.24) is 14.8 Å². The zero-order valence-corrected chi connectivity index (χ0v) is 18.3. The summed E-state index contributed by atoms with van der Waals surface area (Å²) in [5.74, 6) is 0. The predicted octanol–water partition coefficient (Wildman–Crippen LogP) is 6.08. The average Bonchev–Trinajstić information content (AvgIpc) is 3.10. The third-order valence-corrected chi connectivity index (χ3v) is 6.66. The fourth-order valence-electron chi connectivity index (χ4n) is 3.28. The molecule has 0 fully saturated rings. The molecule has 5 heteroatoms. The maximum absolute atomic E-state index is 5.96. The molecule has 2 aromatic carbocycles. The van der Waals surface area contributed by atoms with E-state index in [2.05, 4.69) is 50.0 Å². The van der Waals surface area contributed by atoms with Crippen LogP contribution in [0.1, 0.15) is 0 Å². The van der Waals surface area contributed by atoms with Crippen LogP contribution in [0.5, 0.6) is 0 Å². The molecule has 148 valence electrons. The van der Waals surface area contributed by atoms with Crippen LogP contribution in [0, 0.1) is 0 Å². The lowest BCUT2D eigenvalue weighted by Gasteiger charge is -2.15. The van der Waals surface area contributed by atoms with E-state index in [4.69, 9.17) is 14.8 Å². The molecule has 0 aliphatic heterocycles. The number of rotatable bonds is 7. The Balaban J connectivity index is 1.71. The van der Waals surface area contributed by atoms with Gasteiger partial charge in [0.05, 0.1) is 0 Å². The standard InChI is InChI=1S/C24H27N3OSi/c1-29(2,3)15-14-28-18-27-24-22(23(26-27)20-12-8-5-9-13-20)16-21(17-25-24)19-10-6-4-7-11-19/h4-13,16-17H,14-15,18H2,1-3H3. The zero-order valence-electron chi connectivity index (χ0n) is 17.3. The van der Waals surface area contributed by atoms with E-state index < -0.39 is 8.07 Å². The number of benzene rings is 2. The molecule has 0 atom stereocenters. The van der Waals surface area contributed by atoms with Gasteiger partial charge in [0.15, 0.2) is 5.65 Å². The van der Waals surface area contributed by atoms with Gasteiger partial charge in [0.25, 0.3) is 0 Å². The second-order valence-electron chi connectivity index (χ2n) is 8.52. The van der Waals surface area contributed by atoms with Gasteiger partial charge in [-0.3, -0.25) is 0 Å². The molecule has 4 nitrogen and oxygen atoms in total. The third kappa shape index (κ3) is 4.63. The minimum atomic E-state index is -1.11. The molecular weight excluding hydrogens is 374 g/mol. The van der Waals surface area contributed by atoms with Gasteiger partial charge >= 0.3 is 0 Å². The average molecular weight is 402 g/mol. The molecule has 0 spiro atoms. The maximum Gasteiger partial charge on any atom is 0.160 e. The minimum absolute atomic E-state index is 0.422. The lowest BCUT2D eigenvalue weighted by atomic mass is 10.0. The van der Waals surface area contributed by atoms with Crippen LogP contribution in [-0.2, 0) is 11.5 Å². The van der Waals surface area contributed by atoms with E-state index in [9.17, 15) is 0 Å². The van der Waals surface area contributed by atoms with E-state index in [1.165, 1.54) is 0 Å². The van der Waals surface area contributed by atoms with Gasteiger partial charge < -0.3 is 4.74 Å². The molecule has 0 radical (unpaired) electrons. The van der Waals surface area contributed by atoms with Gasteiger partial charge in [-0.05, 0) is 17.7 Å². The summed E-state index contributed by atoms with van der Waals surface area (Å²) >= 11 is 0. The molecule has 0 amide bonds. The first-order valence-corrected chi connectivity index (χ1v) is 13.8. The zero-order chi connectivity index (χ0) is 20.3. The molecule has 0 N–H and O–H groups in total. The predicted molar refractivity (Wildman–Crippen MR) is 123 cm³/mol. The van der Waals surface area contributed by atoms with Crippen LogP contribution in [0.25, 0.3) is 33.4 Å². The summed E-state index contributed by atoms with van der Waals surface area (Å²) in [5, 5.41) is 5.92. The van der Waals surface area contributed by atoms with Gasteiger partial charge in [0.2, 0.25) is 0 Å². The summed E-state index contributed by atoms with van der Waals surface area (Å²) in [6.45, 7) is 8.27. The van der Waals surface area contributed by atoms with Crippen molar-refractivity contribution < 1.29 is 4.74 Å². The molecule has 0 aliphatic carbocycles. The molecule has 4 aromatic rings. The van der Waals surface area contributed by atoms with Crippen molar-refractivity contribution in [3.05, 3.63) is 72.9 Å². The summed E-state index contributed by atoms with van der Waals surface area (Å²) in [6.07, 6.45) is 1.92. The Labute approximate surface area is 173 Å². The van der Waals surface area contributed by atoms with E-state index >= 15 is 0 Å². The third-order valence-electron chi connectivity index (χ3n) is 4.95. The first-order valence-electron chi connectivity index (χ1n) is 10.1. The summed E-state index contributed by atoms with van der Waals surface area (Å²) in [7, 11) is -1.11. The van der Waals surface area contributed by atoms with Crippen LogP contribution >= 0.6 is 0 Å². The Kier molecular flexibility index (Phi) is 5.60. The lowest BCUT2D eigenvalue weighted by Crippen LogP contribution is -2.22. The quantitative estimate of drug-likeness (QED) is 0.278. The van der Waals surface area contributed by atoms with E-state index in [0.29, 0.717) is 6.73 Å². The highest BCUT2D eigenvalue weighted by atomic mass is 28.3. The highest BCUT2D eigenvalue weighted by Gasteiger charge is 2.16. The normalized spacial score (nSPS) is 11.8. The van der Waals surface area contributed by atoms with Crippen molar-refractivity contribution in [2.24, 2.45) is 0 Å². The monoisotopic (exact) mass is 401 g/mol. The molecule has 29 heavy (non-hydrogen) atoms. The molecule has 0 saturated heterocycles. The van der Waals surface area contributed by atoms with Gasteiger partial charge in [-0.25, -0.2) is 9.67 Å². The minimum Gasteiger partial charge on any atom is -0.359 e. The molecular formula is C24H27N3OSi. The van der Waals surface area contributed by atoms with Crippen molar-refractivity contribution >= 4 is 19.1 Å². The number of ether oxygens (including phenoxy) is 1. The van der Waals surface area contributed by atoms with Crippen molar-refractivity contribution in [3.63, 3.8) is 0 Å². The summed E-state index contributed by atoms with van der Waals surface area (Å²) in [4.78, 5) is 4.76. The van der Waals surface area contributed by atoms with E-state index in [1.807, 2.05) is 47.3 Å². The molecule has 0 unspecified atom stereocenters. The van der Waals surface area contributed by atoms with E-state index in [0.717, 1.165) is 46.1 Å². The number of hydrogen-bond donors (Lipinski definition) is 0. The van der Waals surface area contributed by atoms with Crippen LogP contribution in [0.3, 0.4) is 0 Å². The van der Waals surface area contributed by atoms with Gasteiger partial charge in [-0.2, -0.15) is 5.10 Å². The Morgan fingerprint density at radius 2 is 1.52 bits per heavy atom. The second kappa shape index (κ2) is 8.31. The fraction of sp³-hybridized carbons (Fsp3) is 0.250. The lowest BCUT2D eigenvalue weighted by molar-refractivity contribution is 0.0814. The molecule has 4 rings (SSSR count). The van der Waals surface area contributed by atoms with Crippen LogP contribution in [0.2, 0.25) is 25.7 Å². The maximum atomic E-state index is 5.96. The van der Waals surface area contributed by atoms with Gasteiger partial charge in [0.1, 0.15) is 12.4 Å². The van der Waals surface area contributed by atoms with Crippen molar-refractivity contribution in [1.29, 1.82) is 0 Å². The Hall–Kier alpha value is -2.76. The molecule has 2 aromatic heterocycles. The molecule has 0 bridgehead atoms. The highest BCUT2D eigenvalue weighted by Crippen LogP contribution is 2.30. The molecule has 0 saturated carbocycles. The topological polar surface area (TPSA) is 39.9 Å². The Morgan fingerprint density at radius 1 is 0.862 bits per heavy atom. The number of fused-ring (bicyclic) bond motifs is 1. The second-order valence-corrected chi connectivity index (χ2v) is 14.1. The van der Waals surface area contributed by atoms with Gasteiger partial charge in [-0.1, -0.05) is 80.3 Å². The number of nitrogens with zero attached hydrogens (tertiary/aromatic N) is 3.